The van der Waals surface area contributed by atoms with Crippen LogP contribution in [-0.2, 0) is 9.59 Å². The van der Waals surface area contributed by atoms with Gasteiger partial charge in [0.05, 0.1) is 12.7 Å². The molecule has 3 atom stereocenters. The molecule has 0 aromatic carbocycles. The van der Waals surface area contributed by atoms with E-state index in [1.165, 1.54) is 12.8 Å². The minimum Gasteiger partial charge on any atom is -0.480 e. The summed E-state index contributed by atoms with van der Waals surface area (Å²) in [6.07, 6.45) is 11.1. The first-order valence-electron chi connectivity index (χ1n) is 10.5. The van der Waals surface area contributed by atoms with Crippen molar-refractivity contribution in [2.75, 3.05) is 6.61 Å². The number of carbonyl (C=O) groups is 2. The van der Waals surface area contributed by atoms with Gasteiger partial charge in [0.25, 0.3) is 0 Å². The molecule has 0 amide bonds. The van der Waals surface area contributed by atoms with Gasteiger partial charge in [-0.15, -0.1) is 0 Å². The number of hydrogen-bond acceptors (Lipinski definition) is 6. The zero-order valence-electron chi connectivity index (χ0n) is 17.2. The van der Waals surface area contributed by atoms with Crippen LogP contribution in [0.5, 0.6) is 0 Å². The number of rotatable bonds is 18. The molecule has 0 rings (SSSR count). The lowest BCUT2D eigenvalue weighted by Crippen LogP contribution is -2.63. The Hall–Kier alpha value is -1.28. The molecule has 28 heavy (non-hydrogen) atoms. The smallest absolute Gasteiger partial charge is 0.328 e. The average molecular weight is 402 g/mol. The standard InChI is InChI=1S/C21H39NO6/c1-2-3-4-10-13-17(24)14-11-8-6-5-7-9-12-15-18(25)19(26)21(22,16-23)20(27)28/h9,12,18-19,23,25-26H,2-8,10-11,13-16,22H2,1H3,(H,27,28)/b12-9-/t18-,19+,21+/m1/s1. The van der Waals surface area contributed by atoms with Gasteiger partial charge in [0.1, 0.15) is 11.9 Å². The number of Topliss-reactive ketones (excluding diaryl/α,β-unsaturated/α-hetero) is 1. The lowest BCUT2D eigenvalue weighted by Gasteiger charge is -2.30. The van der Waals surface area contributed by atoms with Crippen LogP contribution in [0, 0.1) is 0 Å². The summed E-state index contributed by atoms with van der Waals surface area (Å²) in [5.74, 6) is -1.20. The van der Waals surface area contributed by atoms with E-state index >= 15 is 0 Å². The third kappa shape index (κ3) is 10.9. The monoisotopic (exact) mass is 401 g/mol. The number of aliphatic hydroxyl groups excluding tert-OH is 3. The molecule has 0 radical (unpaired) electrons. The molecular weight excluding hydrogens is 362 g/mol. The summed E-state index contributed by atoms with van der Waals surface area (Å²) in [5, 5.41) is 37.8. The summed E-state index contributed by atoms with van der Waals surface area (Å²) in [4.78, 5) is 22.7. The van der Waals surface area contributed by atoms with Gasteiger partial charge in [0, 0.05) is 12.8 Å². The van der Waals surface area contributed by atoms with E-state index in [0.29, 0.717) is 18.6 Å². The average Bonchev–Trinajstić information content (AvgIpc) is 2.68. The van der Waals surface area contributed by atoms with Crippen LogP contribution < -0.4 is 5.73 Å². The van der Waals surface area contributed by atoms with Crippen molar-refractivity contribution in [2.45, 2.75) is 102 Å². The molecule has 0 spiro atoms. The lowest BCUT2D eigenvalue weighted by atomic mass is 9.89. The fourth-order valence-electron chi connectivity index (χ4n) is 2.93. The second-order valence-corrected chi connectivity index (χ2v) is 7.53. The topological polar surface area (TPSA) is 141 Å². The number of nitrogens with two attached hydrogens (primary N) is 1. The number of carbonyl (C=O) groups excluding carboxylic acids is 1. The van der Waals surface area contributed by atoms with Gasteiger partial charge in [-0.2, -0.15) is 0 Å². The van der Waals surface area contributed by atoms with Crippen LogP contribution in [0.25, 0.3) is 0 Å². The van der Waals surface area contributed by atoms with Crippen molar-refractivity contribution in [1.82, 2.24) is 0 Å². The molecule has 0 aromatic rings. The molecular formula is C21H39NO6. The highest BCUT2D eigenvalue weighted by molar-refractivity contribution is 5.79. The van der Waals surface area contributed by atoms with Crippen LogP contribution in [0.15, 0.2) is 12.2 Å². The number of carboxylic acids is 1. The maximum atomic E-state index is 11.7. The zero-order chi connectivity index (χ0) is 21.4. The molecule has 7 heteroatoms. The molecule has 0 bridgehead atoms. The van der Waals surface area contributed by atoms with E-state index in [-0.39, 0.29) is 6.42 Å². The van der Waals surface area contributed by atoms with Crippen LogP contribution in [0.1, 0.15) is 84.0 Å². The van der Waals surface area contributed by atoms with Crippen molar-refractivity contribution >= 4 is 11.8 Å². The predicted molar refractivity (Wildman–Crippen MR) is 109 cm³/mol. The van der Waals surface area contributed by atoms with E-state index in [9.17, 15) is 19.8 Å². The first-order valence-corrected chi connectivity index (χ1v) is 10.5. The number of ketones is 1. The van der Waals surface area contributed by atoms with Crippen LogP contribution in [0.3, 0.4) is 0 Å². The van der Waals surface area contributed by atoms with Gasteiger partial charge < -0.3 is 26.2 Å². The van der Waals surface area contributed by atoms with Crippen molar-refractivity contribution in [3.05, 3.63) is 12.2 Å². The fraction of sp³-hybridized carbons (Fsp3) is 0.810. The molecule has 0 saturated carbocycles. The highest BCUT2D eigenvalue weighted by atomic mass is 16.4. The number of unbranched alkanes of at least 4 members (excludes halogenated alkanes) is 7. The van der Waals surface area contributed by atoms with E-state index in [1.807, 2.05) is 6.08 Å². The van der Waals surface area contributed by atoms with Gasteiger partial charge in [-0.1, -0.05) is 51.2 Å². The normalized spacial score (nSPS) is 16.0. The lowest BCUT2D eigenvalue weighted by molar-refractivity contribution is -0.155. The number of allylic oxidation sites excluding steroid dienone is 1. The first kappa shape index (κ1) is 26.7. The molecule has 0 aliphatic carbocycles. The van der Waals surface area contributed by atoms with Crippen LogP contribution >= 0.6 is 0 Å². The molecule has 0 fully saturated rings. The Bertz CT molecular complexity index is 468. The molecule has 0 aliphatic heterocycles. The minimum atomic E-state index is -2.28. The Kier molecular flexibility index (Phi) is 14.9. The second-order valence-electron chi connectivity index (χ2n) is 7.53. The maximum Gasteiger partial charge on any atom is 0.328 e. The summed E-state index contributed by atoms with van der Waals surface area (Å²) in [6.45, 7) is 1.19. The summed E-state index contributed by atoms with van der Waals surface area (Å²) in [5.41, 5.74) is 3.16. The molecule has 7 nitrogen and oxygen atoms in total. The number of aliphatic hydroxyl groups is 3. The maximum absolute atomic E-state index is 11.7. The molecule has 164 valence electrons. The van der Waals surface area contributed by atoms with Crippen molar-refractivity contribution in [2.24, 2.45) is 5.73 Å². The third-order valence-corrected chi connectivity index (χ3v) is 4.98. The van der Waals surface area contributed by atoms with E-state index in [2.05, 4.69) is 6.92 Å². The number of carboxylic acid groups (broad SMARTS) is 1. The van der Waals surface area contributed by atoms with Gasteiger partial charge in [-0.3, -0.25) is 9.59 Å². The molecule has 0 saturated heterocycles. The van der Waals surface area contributed by atoms with Gasteiger partial charge in [0.15, 0.2) is 5.54 Å². The van der Waals surface area contributed by atoms with E-state index in [0.717, 1.165) is 44.9 Å². The van der Waals surface area contributed by atoms with Crippen LogP contribution in [0.4, 0.5) is 0 Å². The third-order valence-electron chi connectivity index (χ3n) is 4.98. The molecule has 0 aromatic heterocycles. The van der Waals surface area contributed by atoms with E-state index in [4.69, 9.17) is 15.9 Å². The molecule has 0 aliphatic rings. The minimum absolute atomic E-state index is 0.0555. The van der Waals surface area contributed by atoms with Crippen molar-refractivity contribution in [3.63, 3.8) is 0 Å². The van der Waals surface area contributed by atoms with Crippen LogP contribution in [0.2, 0.25) is 0 Å². The quantitative estimate of drug-likeness (QED) is 0.175. The SMILES string of the molecule is CCCCCCC(=O)CCCCCC/C=C\C[C@@H](O)[C@H](O)[C@@](N)(CO)C(=O)O. The summed E-state index contributed by atoms with van der Waals surface area (Å²) in [6, 6.07) is 0. The molecule has 0 heterocycles. The van der Waals surface area contributed by atoms with Crippen molar-refractivity contribution in [3.8, 4) is 0 Å². The number of hydrogen-bond donors (Lipinski definition) is 5. The van der Waals surface area contributed by atoms with Crippen molar-refractivity contribution < 1.29 is 30.0 Å². The Morgan fingerprint density at radius 2 is 1.54 bits per heavy atom. The number of aliphatic carboxylic acids is 1. The second kappa shape index (κ2) is 15.6. The van der Waals surface area contributed by atoms with Crippen molar-refractivity contribution in [1.29, 1.82) is 0 Å². The van der Waals surface area contributed by atoms with Gasteiger partial charge in [0.2, 0.25) is 0 Å². The van der Waals surface area contributed by atoms with E-state index < -0.39 is 30.3 Å². The Balaban J connectivity index is 3.80. The summed E-state index contributed by atoms with van der Waals surface area (Å²) >= 11 is 0. The largest absolute Gasteiger partial charge is 0.480 e. The van der Waals surface area contributed by atoms with Gasteiger partial charge in [-0.05, 0) is 32.1 Å². The highest BCUT2D eigenvalue weighted by Crippen LogP contribution is 2.15. The predicted octanol–water partition coefficient (Wildman–Crippen LogP) is 2.31. The molecule has 6 N–H and O–H groups in total. The molecule has 0 unspecified atom stereocenters. The first-order chi connectivity index (χ1) is 13.3. The van der Waals surface area contributed by atoms with E-state index in [1.54, 1.807) is 6.08 Å². The van der Waals surface area contributed by atoms with Gasteiger partial charge in [-0.25, -0.2) is 0 Å². The summed E-state index contributed by atoms with van der Waals surface area (Å²) in [7, 11) is 0. The fourth-order valence-corrected chi connectivity index (χ4v) is 2.93. The van der Waals surface area contributed by atoms with Gasteiger partial charge >= 0.3 is 5.97 Å². The zero-order valence-corrected chi connectivity index (χ0v) is 17.2. The van der Waals surface area contributed by atoms with Crippen LogP contribution in [-0.4, -0.2) is 56.5 Å². The summed E-state index contributed by atoms with van der Waals surface area (Å²) < 4.78 is 0. The Morgan fingerprint density at radius 1 is 0.964 bits per heavy atom. The Morgan fingerprint density at radius 3 is 2.07 bits per heavy atom. The highest BCUT2D eigenvalue weighted by Gasteiger charge is 2.44. The Labute approximate surface area is 168 Å².